The number of hydrogen-bond donors (Lipinski definition) is 2. The molecule has 0 fully saturated rings. The number of pyridine rings is 1. The average molecular weight is 296 g/mol. The maximum absolute atomic E-state index is 12.0. The molecule has 1 rings (SSSR count). The second-order valence-corrected chi connectivity index (χ2v) is 4.43. The van der Waals surface area contributed by atoms with Crippen molar-refractivity contribution in [3.05, 3.63) is 22.3 Å². The predicted octanol–water partition coefficient (Wildman–Crippen LogP) is 1.96. The van der Waals surface area contributed by atoms with Gasteiger partial charge >= 0.3 is 0 Å². The number of anilines is 1. The second kappa shape index (κ2) is 6.26. The number of nitrogen functional groups attached to an aromatic ring is 1. The van der Waals surface area contributed by atoms with Gasteiger partial charge in [-0.2, -0.15) is 0 Å². The van der Waals surface area contributed by atoms with E-state index in [2.05, 4.69) is 32.2 Å². The Hall–Kier alpha value is -1.54. The van der Waals surface area contributed by atoms with E-state index in [-0.39, 0.29) is 11.9 Å². The topological polar surface area (TPSA) is 68.0 Å². The highest BCUT2D eigenvalue weighted by molar-refractivity contribution is 9.10. The zero-order chi connectivity index (χ0) is 12.8. The highest BCUT2D eigenvalue weighted by atomic mass is 79.9. The number of terminal acetylenes is 1. The van der Waals surface area contributed by atoms with E-state index in [1.807, 2.05) is 6.92 Å². The Balaban J connectivity index is 2.82. The Kier molecular flexibility index (Phi) is 4.98. The normalized spacial score (nSPS) is 11.6. The number of nitrogens with zero attached hydrogens (tertiary/aromatic N) is 1. The molecule has 1 heterocycles. The molecule has 0 aliphatic rings. The number of aromatic nitrogens is 1. The molecule has 1 atom stereocenters. The third-order valence-electron chi connectivity index (χ3n) is 2.31. The zero-order valence-electron chi connectivity index (χ0n) is 9.53. The smallest absolute Gasteiger partial charge is 0.252 e. The van der Waals surface area contributed by atoms with Gasteiger partial charge in [-0.3, -0.25) is 4.79 Å². The lowest BCUT2D eigenvalue weighted by molar-refractivity contribution is 0.0936. The minimum atomic E-state index is -0.201. The van der Waals surface area contributed by atoms with Crippen molar-refractivity contribution in [2.75, 3.05) is 5.73 Å². The Labute approximate surface area is 109 Å². The van der Waals surface area contributed by atoms with E-state index >= 15 is 0 Å². The molecule has 1 aromatic heterocycles. The van der Waals surface area contributed by atoms with Gasteiger partial charge in [-0.1, -0.05) is 6.92 Å². The van der Waals surface area contributed by atoms with Crippen molar-refractivity contribution in [1.29, 1.82) is 0 Å². The Morgan fingerprint density at radius 1 is 1.76 bits per heavy atom. The fraction of sp³-hybridized carbons (Fsp3) is 0.333. The summed E-state index contributed by atoms with van der Waals surface area (Å²) < 4.78 is 0.611. The van der Waals surface area contributed by atoms with Gasteiger partial charge in [0.25, 0.3) is 5.91 Å². The molecule has 0 saturated heterocycles. The number of halogens is 1. The molecule has 0 aliphatic carbocycles. The average Bonchev–Trinajstić information content (AvgIpc) is 2.31. The van der Waals surface area contributed by atoms with E-state index in [9.17, 15) is 4.79 Å². The Morgan fingerprint density at radius 2 is 2.47 bits per heavy atom. The molecule has 0 aliphatic heterocycles. The van der Waals surface area contributed by atoms with Gasteiger partial charge in [-0.05, 0) is 28.4 Å². The number of hydrogen-bond acceptors (Lipinski definition) is 3. The van der Waals surface area contributed by atoms with Gasteiger partial charge < -0.3 is 11.1 Å². The van der Waals surface area contributed by atoms with Gasteiger partial charge in [0.05, 0.1) is 5.56 Å². The van der Waals surface area contributed by atoms with Crippen molar-refractivity contribution in [1.82, 2.24) is 10.3 Å². The van der Waals surface area contributed by atoms with Gasteiger partial charge in [-0.15, -0.1) is 12.3 Å². The summed E-state index contributed by atoms with van der Waals surface area (Å²) in [5.41, 5.74) is 6.01. The van der Waals surface area contributed by atoms with Gasteiger partial charge in [-0.25, -0.2) is 4.98 Å². The van der Waals surface area contributed by atoms with E-state index in [4.69, 9.17) is 12.2 Å². The molecular weight excluding hydrogens is 282 g/mol. The summed E-state index contributed by atoms with van der Waals surface area (Å²) in [4.78, 5) is 15.8. The first-order chi connectivity index (χ1) is 8.08. The first kappa shape index (κ1) is 13.5. The highest BCUT2D eigenvalue weighted by Crippen LogP contribution is 2.17. The van der Waals surface area contributed by atoms with Crippen LogP contribution in [0.4, 0.5) is 5.82 Å². The molecule has 90 valence electrons. The van der Waals surface area contributed by atoms with Crippen LogP contribution in [-0.4, -0.2) is 16.9 Å². The minimum absolute atomic E-state index is 0.0196. The van der Waals surface area contributed by atoms with Crippen LogP contribution < -0.4 is 11.1 Å². The Morgan fingerprint density at radius 3 is 3.06 bits per heavy atom. The molecule has 4 nitrogen and oxygen atoms in total. The van der Waals surface area contributed by atoms with Crippen molar-refractivity contribution in [3.8, 4) is 12.3 Å². The lowest BCUT2D eigenvalue weighted by Gasteiger charge is -2.14. The summed E-state index contributed by atoms with van der Waals surface area (Å²) >= 11 is 3.26. The molecule has 0 aromatic carbocycles. The molecule has 0 saturated carbocycles. The number of rotatable bonds is 4. The molecule has 0 radical (unpaired) electrons. The zero-order valence-corrected chi connectivity index (χ0v) is 11.1. The van der Waals surface area contributed by atoms with Crippen molar-refractivity contribution in [2.45, 2.75) is 25.8 Å². The largest absolute Gasteiger partial charge is 0.384 e. The molecule has 1 unspecified atom stereocenters. The van der Waals surface area contributed by atoms with Crippen LogP contribution >= 0.6 is 15.9 Å². The summed E-state index contributed by atoms with van der Waals surface area (Å²) in [6.45, 7) is 1.97. The van der Waals surface area contributed by atoms with Crippen LogP contribution in [0.5, 0.6) is 0 Å². The summed E-state index contributed by atoms with van der Waals surface area (Å²) in [6, 6.07) is 1.51. The molecule has 0 bridgehead atoms. The number of amides is 1. The molecule has 0 spiro atoms. The van der Waals surface area contributed by atoms with Crippen LogP contribution in [0.3, 0.4) is 0 Å². The predicted molar refractivity (Wildman–Crippen MR) is 71.3 cm³/mol. The van der Waals surface area contributed by atoms with E-state index in [1.54, 1.807) is 0 Å². The van der Waals surface area contributed by atoms with Crippen LogP contribution in [0.2, 0.25) is 0 Å². The molecular formula is C12H14BrN3O. The first-order valence-electron chi connectivity index (χ1n) is 5.23. The summed E-state index contributed by atoms with van der Waals surface area (Å²) in [7, 11) is 0. The maximum Gasteiger partial charge on any atom is 0.252 e. The first-order valence-corrected chi connectivity index (χ1v) is 6.03. The van der Waals surface area contributed by atoms with Gasteiger partial charge in [0, 0.05) is 23.1 Å². The Bertz CT molecular complexity index is 454. The third kappa shape index (κ3) is 3.75. The molecule has 5 heteroatoms. The number of nitrogens with two attached hydrogens (primary N) is 1. The summed E-state index contributed by atoms with van der Waals surface area (Å²) in [6.07, 6.45) is 8.04. The van der Waals surface area contributed by atoms with Crippen molar-refractivity contribution in [2.24, 2.45) is 0 Å². The monoisotopic (exact) mass is 295 g/mol. The molecule has 17 heavy (non-hydrogen) atoms. The van der Waals surface area contributed by atoms with Crippen LogP contribution in [0.25, 0.3) is 0 Å². The SMILES string of the molecule is C#CCC(CC)NC(=O)c1cc(N)ncc1Br. The number of nitrogens with one attached hydrogen (secondary N) is 1. The standard InChI is InChI=1S/C12H14BrN3O/c1-3-5-8(4-2)16-12(17)9-6-11(14)15-7-10(9)13/h1,6-8H,4-5H2,2H3,(H2,14,15)(H,16,17). The van der Waals surface area contributed by atoms with Crippen LogP contribution in [-0.2, 0) is 0 Å². The fourth-order valence-corrected chi connectivity index (χ4v) is 1.73. The second-order valence-electron chi connectivity index (χ2n) is 3.58. The fourth-order valence-electron chi connectivity index (χ4n) is 1.33. The van der Waals surface area contributed by atoms with Crippen LogP contribution in [0.15, 0.2) is 16.7 Å². The molecule has 3 N–H and O–H groups in total. The van der Waals surface area contributed by atoms with Crippen LogP contribution in [0, 0.1) is 12.3 Å². The van der Waals surface area contributed by atoms with Gasteiger partial charge in [0.2, 0.25) is 0 Å². The molecule has 1 aromatic rings. The lowest BCUT2D eigenvalue weighted by Crippen LogP contribution is -2.34. The van der Waals surface area contributed by atoms with Gasteiger partial charge in [0.1, 0.15) is 5.82 Å². The van der Waals surface area contributed by atoms with Crippen molar-refractivity contribution < 1.29 is 4.79 Å². The minimum Gasteiger partial charge on any atom is -0.384 e. The number of carbonyl (C=O) groups is 1. The maximum atomic E-state index is 12.0. The highest BCUT2D eigenvalue weighted by Gasteiger charge is 2.14. The molecule has 1 amide bonds. The third-order valence-corrected chi connectivity index (χ3v) is 2.95. The lowest BCUT2D eigenvalue weighted by atomic mass is 10.1. The van der Waals surface area contributed by atoms with E-state index in [0.717, 1.165) is 6.42 Å². The van der Waals surface area contributed by atoms with E-state index in [1.165, 1.54) is 12.3 Å². The summed E-state index contributed by atoms with van der Waals surface area (Å²) in [5.74, 6) is 2.65. The quantitative estimate of drug-likeness (QED) is 0.835. The van der Waals surface area contributed by atoms with Gasteiger partial charge in [0.15, 0.2) is 0 Å². The van der Waals surface area contributed by atoms with Crippen LogP contribution in [0.1, 0.15) is 30.1 Å². The van der Waals surface area contributed by atoms with Crippen molar-refractivity contribution in [3.63, 3.8) is 0 Å². The number of carbonyl (C=O) groups excluding carboxylic acids is 1. The van der Waals surface area contributed by atoms with Crippen molar-refractivity contribution >= 4 is 27.7 Å². The summed E-state index contributed by atoms with van der Waals surface area (Å²) in [5, 5.41) is 2.86. The van der Waals surface area contributed by atoms with E-state index in [0.29, 0.717) is 22.3 Å². The van der Waals surface area contributed by atoms with E-state index < -0.39 is 0 Å².